The van der Waals surface area contributed by atoms with Gasteiger partial charge in [-0.05, 0) is 38.7 Å². The standard InChI is InChI=1S/C18H28F3N3O.HI/c1-3-22-17(23-12-7-13-25-14-18(19,20)21)24-15(2)10-11-16-8-5-4-6-9-16;/h4-6,8-9,15H,3,7,10-14H2,1-2H3,(H2,22,23,24);1H. The highest BCUT2D eigenvalue weighted by Crippen LogP contribution is 2.14. The Bertz CT molecular complexity index is 498. The number of hydrogen-bond donors (Lipinski definition) is 2. The molecule has 0 radical (unpaired) electrons. The summed E-state index contributed by atoms with van der Waals surface area (Å²) in [5, 5.41) is 6.47. The molecule has 0 bridgehead atoms. The number of hydrogen-bond acceptors (Lipinski definition) is 2. The quantitative estimate of drug-likeness (QED) is 0.226. The van der Waals surface area contributed by atoms with E-state index < -0.39 is 12.8 Å². The van der Waals surface area contributed by atoms with Crippen LogP contribution in [-0.4, -0.2) is 44.5 Å². The zero-order valence-electron chi connectivity index (χ0n) is 15.3. The summed E-state index contributed by atoms with van der Waals surface area (Å²) >= 11 is 0. The fourth-order valence-corrected chi connectivity index (χ4v) is 2.20. The summed E-state index contributed by atoms with van der Waals surface area (Å²) < 4.78 is 40.5. The second-order valence-electron chi connectivity index (χ2n) is 5.85. The average Bonchev–Trinajstić information content (AvgIpc) is 2.56. The fourth-order valence-electron chi connectivity index (χ4n) is 2.20. The van der Waals surface area contributed by atoms with E-state index in [2.05, 4.69) is 39.4 Å². The third-order valence-electron chi connectivity index (χ3n) is 3.42. The van der Waals surface area contributed by atoms with Gasteiger partial charge in [-0.3, -0.25) is 4.99 Å². The summed E-state index contributed by atoms with van der Waals surface area (Å²) in [6.07, 6.45) is -1.89. The minimum Gasteiger partial charge on any atom is -0.372 e. The molecule has 4 nitrogen and oxygen atoms in total. The van der Waals surface area contributed by atoms with Crippen molar-refractivity contribution in [2.45, 2.75) is 45.3 Å². The van der Waals surface area contributed by atoms with Gasteiger partial charge in [0.2, 0.25) is 0 Å². The van der Waals surface area contributed by atoms with Crippen LogP contribution in [0.3, 0.4) is 0 Å². The van der Waals surface area contributed by atoms with Gasteiger partial charge in [0.05, 0.1) is 0 Å². The molecule has 1 aromatic rings. The van der Waals surface area contributed by atoms with Crippen LogP contribution in [0, 0.1) is 0 Å². The van der Waals surface area contributed by atoms with E-state index >= 15 is 0 Å². The molecule has 0 heterocycles. The monoisotopic (exact) mass is 487 g/mol. The normalized spacial score (nSPS) is 13.0. The van der Waals surface area contributed by atoms with Crippen molar-refractivity contribution < 1.29 is 17.9 Å². The molecule has 1 aromatic carbocycles. The average molecular weight is 487 g/mol. The second-order valence-corrected chi connectivity index (χ2v) is 5.85. The van der Waals surface area contributed by atoms with Crippen LogP contribution in [0.1, 0.15) is 32.3 Å². The number of halogens is 4. The molecule has 0 spiro atoms. The summed E-state index contributed by atoms with van der Waals surface area (Å²) in [4.78, 5) is 4.38. The number of rotatable bonds is 10. The van der Waals surface area contributed by atoms with Gasteiger partial charge in [0.25, 0.3) is 0 Å². The van der Waals surface area contributed by atoms with E-state index in [4.69, 9.17) is 0 Å². The Labute approximate surface area is 171 Å². The molecule has 1 atom stereocenters. The van der Waals surface area contributed by atoms with Crippen molar-refractivity contribution in [3.05, 3.63) is 35.9 Å². The molecule has 0 aromatic heterocycles. The minimum atomic E-state index is -4.27. The Balaban J connectivity index is 0.00000625. The lowest BCUT2D eigenvalue weighted by molar-refractivity contribution is -0.173. The maximum atomic E-state index is 12.0. The van der Waals surface area contributed by atoms with Gasteiger partial charge < -0.3 is 15.4 Å². The first-order chi connectivity index (χ1) is 11.9. The molecular formula is C18H29F3IN3O. The van der Waals surface area contributed by atoms with Gasteiger partial charge in [0.15, 0.2) is 5.96 Å². The van der Waals surface area contributed by atoms with Crippen LogP contribution < -0.4 is 10.6 Å². The first-order valence-corrected chi connectivity index (χ1v) is 8.64. The van der Waals surface area contributed by atoms with E-state index in [1.54, 1.807) is 0 Å². The van der Waals surface area contributed by atoms with E-state index in [-0.39, 0.29) is 36.6 Å². The van der Waals surface area contributed by atoms with Crippen molar-refractivity contribution in [1.29, 1.82) is 0 Å². The molecule has 0 saturated heterocycles. The maximum absolute atomic E-state index is 12.0. The van der Waals surface area contributed by atoms with Crippen LogP contribution in [0.15, 0.2) is 35.3 Å². The molecule has 0 aliphatic carbocycles. The predicted molar refractivity (Wildman–Crippen MR) is 110 cm³/mol. The molecule has 1 unspecified atom stereocenters. The molecule has 1 rings (SSSR count). The number of aliphatic imine (C=N–C) groups is 1. The highest BCUT2D eigenvalue weighted by molar-refractivity contribution is 14.0. The topological polar surface area (TPSA) is 45.7 Å². The van der Waals surface area contributed by atoms with Crippen molar-refractivity contribution >= 4 is 29.9 Å². The highest BCUT2D eigenvalue weighted by Gasteiger charge is 2.27. The number of benzene rings is 1. The summed E-state index contributed by atoms with van der Waals surface area (Å²) in [6.45, 7) is 4.04. The van der Waals surface area contributed by atoms with Crippen molar-refractivity contribution in [3.8, 4) is 0 Å². The van der Waals surface area contributed by atoms with Gasteiger partial charge in [0.1, 0.15) is 6.61 Å². The van der Waals surface area contributed by atoms with Gasteiger partial charge in [0, 0.05) is 25.7 Å². The molecule has 0 saturated carbocycles. The van der Waals surface area contributed by atoms with E-state index in [0.29, 0.717) is 18.9 Å². The summed E-state index contributed by atoms with van der Waals surface area (Å²) in [5.41, 5.74) is 1.29. The first-order valence-electron chi connectivity index (χ1n) is 8.64. The lowest BCUT2D eigenvalue weighted by Crippen LogP contribution is -2.42. The number of guanidine groups is 1. The molecule has 8 heteroatoms. The Morgan fingerprint density at radius 1 is 1.23 bits per heavy atom. The lowest BCUT2D eigenvalue weighted by Gasteiger charge is -2.18. The third-order valence-corrected chi connectivity index (χ3v) is 3.42. The molecule has 150 valence electrons. The lowest BCUT2D eigenvalue weighted by atomic mass is 10.1. The minimum absolute atomic E-state index is 0. The summed E-state index contributed by atoms with van der Waals surface area (Å²) in [7, 11) is 0. The molecule has 26 heavy (non-hydrogen) atoms. The van der Waals surface area contributed by atoms with E-state index in [1.165, 1.54) is 5.56 Å². The van der Waals surface area contributed by atoms with Crippen molar-refractivity contribution in [2.24, 2.45) is 4.99 Å². The van der Waals surface area contributed by atoms with Gasteiger partial charge in [-0.2, -0.15) is 13.2 Å². The van der Waals surface area contributed by atoms with Crippen LogP contribution in [-0.2, 0) is 11.2 Å². The van der Waals surface area contributed by atoms with Crippen molar-refractivity contribution in [1.82, 2.24) is 10.6 Å². The Hall–Kier alpha value is -1.03. The van der Waals surface area contributed by atoms with Gasteiger partial charge in [-0.1, -0.05) is 30.3 Å². The summed E-state index contributed by atoms with van der Waals surface area (Å²) in [5.74, 6) is 0.680. The Morgan fingerprint density at radius 3 is 2.54 bits per heavy atom. The number of nitrogens with zero attached hydrogens (tertiary/aromatic N) is 1. The number of aryl methyl sites for hydroxylation is 1. The van der Waals surface area contributed by atoms with Crippen LogP contribution in [0.5, 0.6) is 0 Å². The van der Waals surface area contributed by atoms with Gasteiger partial charge in [-0.15, -0.1) is 24.0 Å². The van der Waals surface area contributed by atoms with Crippen molar-refractivity contribution in [3.63, 3.8) is 0 Å². The molecule has 2 N–H and O–H groups in total. The maximum Gasteiger partial charge on any atom is 0.411 e. The number of nitrogens with one attached hydrogen (secondary N) is 2. The highest BCUT2D eigenvalue weighted by atomic mass is 127. The zero-order chi connectivity index (χ0) is 18.5. The molecular weight excluding hydrogens is 458 g/mol. The van der Waals surface area contributed by atoms with Gasteiger partial charge in [-0.25, -0.2) is 0 Å². The smallest absolute Gasteiger partial charge is 0.372 e. The molecule has 0 amide bonds. The van der Waals surface area contributed by atoms with E-state index in [9.17, 15) is 13.2 Å². The van der Waals surface area contributed by atoms with E-state index in [0.717, 1.165) is 19.4 Å². The second kappa shape index (κ2) is 14.1. The Morgan fingerprint density at radius 2 is 1.92 bits per heavy atom. The SMILES string of the molecule is CCNC(=NCCCOCC(F)(F)F)NC(C)CCc1ccccc1.I. The molecule has 0 aliphatic rings. The van der Waals surface area contributed by atoms with Crippen LogP contribution in [0.4, 0.5) is 13.2 Å². The predicted octanol–water partition coefficient (Wildman–Crippen LogP) is 4.15. The van der Waals surface area contributed by atoms with Gasteiger partial charge >= 0.3 is 6.18 Å². The van der Waals surface area contributed by atoms with Crippen molar-refractivity contribution in [2.75, 3.05) is 26.3 Å². The summed E-state index contributed by atoms with van der Waals surface area (Å²) in [6, 6.07) is 10.5. The Kier molecular flexibility index (Phi) is 13.5. The first kappa shape index (κ1) is 25.0. The fraction of sp³-hybridized carbons (Fsp3) is 0.611. The molecule has 0 aliphatic heterocycles. The third kappa shape index (κ3) is 13.2. The van der Waals surface area contributed by atoms with Crippen LogP contribution in [0.2, 0.25) is 0 Å². The number of ether oxygens (including phenoxy) is 1. The zero-order valence-corrected chi connectivity index (χ0v) is 17.6. The van der Waals surface area contributed by atoms with Crippen LogP contribution >= 0.6 is 24.0 Å². The largest absolute Gasteiger partial charge is 0.411 e. The number of alkyl halides is 3. The van der Waals surface area contributed by atoms with Crippen LogP contribution in [0.25, 0.3) is 0 Å². The molecule has 0 fully saturated rings. The van der Waals surface area contributed by atoms with E-state index in [1.807, 2.05) is 25.1 Å².